The molecule has 6 heteroatoms. The lowest BCUT2D eigenvalue weighted by Gasteiger charge is -2.17. The van der Waals surface area contributed by atoms with Gasteiger partial charge in [-0.05, 0) is 74.3 Å². The first-order valence-corrected chi connectivity index (χ1v) is 9.08. The van der Waals surface area contributed by atoms with Crippen molar-refractivity contribution in [3.63, 3.8) is 0 Å². The van der Waals surface area contributed by atoms with Crippen LogP contribution >= 0.6 is 75.1 Å². The van der Waals surface area contributed by atoms with Crippen molar-refractivity contribution < 1.29 is 0 Å². The van der Waals surface area contributed by atoms with E-state index in [1.54, 1.807) is 11.3 Å². The van der Waals surface area contributed by atoms with E-state index < -0.39 is 0 Å². The van der Waals surface area contributed by atoms with Gasteiger partial charge in [0.15, 0.2) is 0 Å². The van der Waals surface area contributed by atoms with Gasteiger partial charge in [0, 0.05) is 8.95 Å². The largest absolute Gasteiger partial charge is 0.309 e. The third-order valence-corrected chi connectivity index (χ3v) is 5.80. The second-order valence-electron chi connectivity index (χ2n) is 3.70. The molecule has 18 heavy (non-hydrogen) atoms. The van der Waals surface area contributed by atoms with Crippen LogP contribution in [0.4, 0.5) is 0 Å². The SMILES string of the molecule is CNC(c1cc(Br)cc(Br)c1)c1cc(Br)sc1Br. The Morgan fingerprint density at radius 3 is 2.06 bits per heavy atom. The molecule has 0 aliphatic carbocycles. The second-order valence-corrected chi connectivity index (χ2v) is 9.28. The van der Waals surface area contributed by atoms with Crippen LogP contribution in [0.2, 0.25) is 0 Å². The van der Waals surface area contributed by atoms with Crippen molar-refractivity contribution in [2.75, 3.05) is 7.05 Å². The molecule has 2 aromatic rings. The molecule has 0 spiro atoms. The summed E-state index contributed by atoms with van der Waals surface area (Å²) in [5.74, 6) is 0. The van der Waals surface area contributed by atoms with Crippen molar-refractivity contribution in [2.24, 2.45) is 0 Å². The molecular weight excluding hydrogens is 510 g/mol. The van der Waals surface area contributed by atoms with E-state index in [9.17, 15) is 0 Å². The molecule has 1 nitrogen and oxygen atoms in total. The zero-order chi connectivity index (χ0) is 13.3. The molecule has 0 bridgehead atoms. The van der Waals surface area contributed by atoms with Crippen molar-refractivity contribution in [1.82, 2.24) is 5.32 Å². The van der Waals surface area contributed by atoms with Gasteiger partial charge >= 0.3 is 0 Å². The van der Waals surface area contributed by atoms with Crippen LogP contribution < -0.4 is 5.32 Å². The van der Waals surface area contributed by atoms with Crippen LogP contribution in [0.5, 0.6) is 0 Å². The van der Waals surface area contributed by atoms with Gasteiger partial charge in [0.1, 0.15) is 0 Å². The maximum absolute atomic E-state index is 3.62. The van der Waals surface area contributed by atoms with E-state index >= 15 is 0 Å². The van der Waals surface area contributed by atoms with Crippen LogP contribution in [0, 0.1) is 0 Å². The third-order valence-electron chi connectivity index (χ3n) is 2.50. The van der Waals surface area contributed by atoms with E-state index in [0.717, 1.165) is 16.5 Å². The highest BCUT2D eigenvalue weighted by Gasteiger charge is 2.18. The molecular formula is C12H9Br4NS. The first-order chi connectivity index (χ1) is 8.51. The number of thiophene rings is 1. The van der Waals surface area contributed by atoms with Gasteiger partial charge in [0.2, 0.25) is 0 Å². The summed E-state index contributed by atoms with van der Waals surface area (Å²) in [6, 6.07) is 8.60. The van der Waals surface area contributed by atoms with E-state index in [-0.39, 0.29) is 6.04 Å². The Morgan fingerprint density at radius 1 is 1.00 bits per heavy atom. The first-order valence-electron chi connectivity index (χ1n) is 5.09. The lowest BCUT2D eigenvalue weighted by atomic mass is 10.0. The van der Waals surface area contributed by atoms with Crippen molar-refractivity contribution in [1.29, 1.82) is 0 Å². The molecule has 2 rings (SSSR count). The summed E-state index contributed by atoms with van der Waals surface area (Å²) in [5, 5.41) is 3.36. The Kier molecular flexibility index (Phi) is 5.49. The predicted octanol–water partition coefficient (Wildman–Crippen LogP) is 6.11. The standard InChI is InChI=1S/C12H9Br4NS/c1-17-11(9-5-10(15)18-12(9)16)6-2-7(13)4-8(14)3-6/h2-5,11,17H,1H3. The van der Waals surface area contributed by atoms with Gasteiger partial charge in [-0.3, -0.25) is 0 Å². The van der Waals surface area contributed by atoms with Gasteiger partial charge in [0.25, 0.3) is 0 Å². The zero-order valence-corrected chi connectivity index (χ0v) is 16.5. The molecule has 0 aliphatic rings. The van der Waals surface area contributed by atoms with E-state index in [0.29, 0.717) is 0 Å². The number of hydrogen-bond donors (Lipinski definition) is 1. The van der Waals surface area contributed by atoms with Gasteiger partial charge in [-0.2, -0.15) is 0 Å². The normalized spacial score (nSPS) is 12.7. The quantitative estimate of drug-likeness (QED) is 0.517. The molecule has 1 heterocycles. The maximum Gasteiger partial charge on any atom is 0.0761 e. The van der Waals surface area contributed by atoms with Gasteiger partial charge in [-0.25, -0.2) is 0 Å². The van der Waals surface area contributed by atoms with Crippen LogP contribution in [0.3, 0.4) is 0 Å². The summed E-state index contributed by atoms with van der Waals surface area (Å²) in [6.07, 6.45) is 0. The fourth-order valence-electron chi connectivity index (χ4n) is 1.79. The van der Waals surface area contributed by atoms with Crippen molar-refractivity contribution in [3.05, 3.63) is 51.9 Å². The molecule has 96 valence electrons. The Morgan fingerprint density at radius 2 is 1.61 bits per heavy atom. The summed E-state index contributed by atoms with van der Waals surface area (Å²) in [5.41, 5.74) is 2.45. The van der Waals surface area contributed by atoms with Crippen LogP contribution in [0.1, 0.15) is 17.2 Å². The summed E-state index contributed by atoms with van der Waals surface area (Å²) in [4.78, 5) is 0. The van der Waals surface area contributed by atoms with Gasteiger partial charge in [0.05, 0.1) is 13.6 Å². The minimum absolute atomic E-state index is 0.163. The number of nitrogens with one attached hydrogen (secondary N) is 1. The van der Waals surface area contributed by atoms with Crippen molar-refractivity contribution in [3.8, 4) is 0 Å². The highest BCUT2D eigenvalue weighted by atomic mass is 79.9. The Balaban J connectivity index is 2.48. The molecule has 1 aromatic carbocycles. The van der Waals surface area contributed by atoms with Crippen LogP contribution in [0.15, 0.2) is 40.8 Å². The highest BCUT2D eigenvalue weighted by molar-refractivity contribution is 9.12. The highest BCUT2D eigenvalue weighted by Crippen LogP contribution is 2.38. The summed E-state index contributed by atoms with van der Waals surface area (Å²) < 4.78 is 4.40. The molecule has 1 aromatic heterocycles. The fraction of sp³-hybridized carbons (Fsp3) is 0.167. The molecule has 0 fully saturated rings. The third kappa shape index (κ3) is 3.46. The minimum atomic E-state index is 0.163. The molecule has 1 N–H and O–H groups in total. The average Bonchev–Trinajstić information content (AvgIpc) is 2.58. The summed E-state index contributed by atoms with van der Waals surface area (Å²) in [6.45, 7) is 0. The van der Waals surface area contributed by atoms with E-state index in [1.807, 2.05) is 13.1 Å². The monoisotopic (exact) mass is 515 g/mol. The minimum Gasteiger partial charge on any atom is -0.309 e. The molecule has 1 atom stereocenters. The molecule has 0 radical (unpaired) electrons. The van der Waals surface area contributed by atoms with E-state index in [1.165, 1.54) is 11.1 Å². The Labute approximate surface area is 144 Å². The van der Waals surface area contributed by atoms with Gasteiger partial charge in [-0.1, -0.05) is 31.9 Å². The first kappa shape index (κ1) is 15.2. The molecule has 0 saturated carbocycles. The molecule has 1 unspecified atom stereocenters. The van der Waals surface area contributed by atoms with Gasteiger partial charge < -0.3 is 5.32 Å². The Hall–Kier alpha value is 0.800. The molecule has 0 aliphatic heterocycles. The lowest BCUT2D eigenvalue weighted by Crippen LogP contribution is -2.17. The second kappa shape index (κ2) is 6.50. The topological polar surface area (TPSA) is 12.0 Å². The number of halogens is 4. The van der Waals surface area contributed by atoms with Crippen LogP contribution in [-0.4, -0.2) is 7.05 Å². The summed E-state index contributed by atoms with van der Waals surface area (Å²) in [7, 11) is 1.97. The zero-order valence-electron chi connectivity index (χ0n) is 9.31. The van der Waals surface area contributed by atoms with E-state index in [2.05, 4.69) is 87.2 Å². The predicted molar refractivity (Wildman–Crippen MR) is 92.5 cm³/mol. The smallest absolute Gasteiger partial charge is 0.0761 e. The van der Waals surface area contributed by atoms with Crippen molar-refractivity contribution in [2.45, 2.75) is 6.04 Å². The Bertz CT molecular complexity index is 547. The average molecular weight is 519 g/mol. The molecule has 0 saturated heterocycles. The number of rotatable bonds is 3. The van der Waals surface area contributed by atoms with Crippen molar-refractivity contribution >= 4 is 75.1 Å². The van der Waals surface area contributed by atoms with Gasteiger partial charge in [-0.15, -0.1) is 11.3 Å². The van der Waals surface area contributed by atoms with Crippen LogP contribution in [0.25, 0.3) is 0 Å². The molecule has 0 amide bonds. The number of benzene rings is 1. The fourth-order valence-corrected chi connectivity index (χ4v) is 6.02. The number of hydrogen-bond acceptors (Lipinski definition) is 2. The maximum atomic E-state index is 3.62. The summed E-state index contributed by atoms with van der Waals surface area (Å²) >= 11 is 15.9. The van der Waals surface area contributed by atoms with E-state index in [4.69, 9.17) is 0 Å². The lowest BCUT2D eigenvalue weighted by molar-refractivity contribution is 0.691. The van der Waals surface area contributed by atoms with Crippen LogP contribution in [-0.2, 0) is 0 Å².